The molecule has 0 radical (unpaired) electrons. The van der Waals surface area contributed by atoms with Crippen molar-refractivity contribution in [3.8, 4) is 11.5 Å². The fraction of sp³-hybridized carbons (Fsp3) is 0.267. The Labute approximate surface area is 132 Å². The SMILES string of the molecule is COc1ccc(C(=O)OCC(=O)Nc2cc(C)[nH]n2)cc1OC. The Morgan fingerprint density at radius 3 is 2.52 bits per heavy atom. The van der Waals surface area contributed by atoms with E-state index >= 15 is 0 Å². The van der Waals surface area contributed by atoms with Gasteiger partial charge in [0.2, 0.25) is 0 Å². The number of carbonyl (C=O) groups excluding carboxylic acids is 2. The third kappa shape index (κ3) is 4.22. The van der Waals surface area contributed by atoms with Gasteiger partial charge in [0.05, 0.1) is 19.8 Å². The number of nitrogens with zero attached hydrogens (tertiary/aromatic N) is 1. The smallest absolute Gasteiger partial charge is 0.338 e. The van der Waals surface area contributed by atoms with Crippen LogP contribution in [-0.4, -0.2) is 42.9 Å². The number of anilines is 1. The van der Waals surface area contributed by atoms with Crippen LogP contribution in [-0.2, 0) is 9.53 Å². The van der Waals surface area contributed by atoms with Crippen LogP contribution in [0.5, 0.6) is 11.5 Å². The van der Waals surface area contributed by atoms with Gasteiger partial charge >= 0.3 is 5.97 Å². The normalized spacial score (nSPS) is 10.0. The molecule has 1 heterocycles. The first-order chi connectivity index (χ1) is 11.0. The molecule has 0 saturated carbocycles. The van der Waals surface area contributed by atoms with E-state index in [1.54, 1.807) is 19.1 Å². The standard InChI is InChI=1S/C15H17N3O5/c1-9-6-13(18-17-9)16-14(19)8-23-15(20)10-4-5-11(21-2)12(7-10)22-3/h4-7H,8H2,1-3H3,(H2,16,17,18,19). The highest BCUT2D eigenvalue weighted by molar-refractivity contribution is 5.95. The maximum Gasteiger partial charge on any atom is 0.338 e. The molecule has 0 bridgehead atoms. The van der Waals surface area contributed by atoms with Crippen molar-refractivity contribution < 1.29 is 23.8 Å². The van der Waals surface area contributed by atoms with Crippen LogP contribution in [0.1, 0.15) is 16.1 Å². The van der Waals surface area contributed by atoms with Crippen molar-refractivity contribution in [2.45, 2.75) is 6.92 Å². The molecule has 2 N–H and O–H groups in total. The quantitative estimate of drug-likeness (QED) is 0.783. The summed E-state index contributed by atoms with van der Waals surface area (Å²) in [6, 6.07) is 6.25. The number of aromatic amines is 1. The number of H-pyrrole nitrogens is 1. The predicted molar refractivity (Wildman–Crippen MR) is 81.8 cm³/mol. The fourth-order valence-electron chi connectivity index (χ4n) is 1.84. The number of esters is 1. The van der Waals surface area contributed by atoms with Gasteiger partial charge in [-0.2, -0.15) is 5.10 Å². The van der Waals surface area contributed by atoms with E-state index in [0.717, 1.165) is 5.69 Å². The van der Waals surface area contributed by atoms with Crippen molar-refractivity contribution in [3.05, 3.63) is 35.5 Å². The molecule has 1 aromatic heterocycles. The van der Waals surface area contributed by atoms with Crippen LogP contribution in [0.15, 0.2) is 24.3 Å². The van der Waals surface area contributed by atoms with Crippen molar-refractivity contribution >= 4 is 17.7 Å². The van der Waals surface area contributed by atoms with Crippen LogP contribution in [0.4, 0.5) is 5.82 Å². The third-order valence-corrected chi connectivity index (χ3v) is 2.93. The monoisotopic (exact) mass is 319 g/mol. The van der Waals surface area contributed by atoms with Crippen molar-refractivity contribution in [3.63, 3.8) is 0 Å². The van der Waals surface area contributed by atoms with Gasteiger partial charge in [0.25, 0.3) is 5.91 Å². The topological polar surface area (TPSA) is 103 Å². The fourth-order valence-corrected chi connectivity index (χ4v) is 1.84. The molecule has 0 fully saturated rings. The second-order valence-electron chi connectivity index (χ2n) is 4.63. The number of aromatic nitrogens is 2. The first-order valence-corrected chi connectivity index (χ1v) is 6.74. The molecule has 0 saturated heterocycles. The number of hydrogen-bond donors (Lipinski definition) is 2. The molecule has 2 rings (SSSR count). The Bertz CT molecular complexity index is 711. The number of aryl methyl sites for hydroxylation is 1. The predicted octanol–water partition coefficient (Wildman–Crippen LogP) is 1.53. The van der Waals surface area contributed by atoms with E-state index < -0.39 is 18.5 Å². The lowest BCUT2D eigenvalue weighted by Crippen LogP contribution is -2.21. The molecule has 0 aliphatic rings. The number of nitrogens with one attached hydrogen (secondary N) is 2. The molecule has 8 heteroatoms. The highest BCUT2D eigenvalue weighted by Crippen LogP contribution is 2.27. The Kier molecular flexibility index (Phi) is 5.19. The Morgan fingerprint density at radius 1 is 1.17 bits per heavy atom. The molecule has 8 nitrogen and oxygen atoms in total. The summed E-state index contributed by atoms with van der Waals surface area (Å²) in [5.74, 6) is 0.147. The van der Waals surface area contributed by atoms with Gasteiger partial charge in [0.15, 0.2) is 23.9 Å². The van der Waals surface area contributed by atoms with Crippen LogP contribution < -0.4 is 14.8 Å². The van der Waals surface area contributed by atoms with Crippen LogP contribution in [0.2, 0.25) is 0 Å². The van der Waals surface area contributed by atoms with E-state index in [1.807, 2.05) is 0 Å². The van der Waals surface area contributed by atoms with Gasteiger partial charge in [-0.3, -0.25) is 9.89 Å². The first kappa shape index (κ1) is 16.3. The summed E-state index contributed by atoms with van der Waals surface area (Å²) in [7, 11) is 2.96. The van der Waals surface area contributed by atoms with Crippen LogP contribution >= 0.6 is 0 Å². The van der Waals surface area contributed by atoms with E-state index in [4.69, 9.17) is 14.2 Å². The summed E-state index contributed by atoms with van der Waals surface area (Å²) in [6.07, 6.45) is 0. The molecule has 0 atom stereocenters. The van der Waals surface area contributed by atoms with E-state index in [2.05, 4.69) is 15.5 Å². The van der Waals surface area contributed by atoms with E-state index in [0.29, 0.717) is 17.3 Å². The summed E-state index contributed by atoms with van der Waals surface area (Å²) < 4.78 is 15.2. The zero-order chi connectivity index (χ0) is 16.8. The van der Waals surface area contributed by atoms with Gasteiger partial charge in [-0.05, 0) is 25.1 Å². The molecule has 0 unspecified atom stereocenters. The number of carbonyl (C=O) groups is 2. The zero-order valence-corrected chi connectivity index (χ0v) is 13.0. The van der Waals surface area contributed by atoms with E-state index in [9.17, 15) is 9.59 Å². The Balaban J connectivity index is 1.92. The lowest BCUT2D eigenvalue weighted by Gasteiger charge is -2.09. The lowest BCUT2D eigenvalue weighted by molar-refractivity contribution is -0.119. The van der Waals surface area contributed by atoms with Crippen LogP contribution in [0.3, 0.4) is 0 Å². The number of amides is 1. The Morgan fingerprint density at radius 2 is 1.91 bits per heavy atom. The minimum Gasteiger partial charge on any atom is -0.493 e. The lowest BCUT2D eigenvalue weighted by atomic mass is 10.2. The number of ether oxygens (including phenoxy) is 3. The minimum absolute atomic E-state index is 0.256. The molecular formula is C15H17N3O5. The van der Waals surface area contributed by atoms with Gasteiger partial charge in [-0.25, -0.2) is 4.79 Å². The molecule has 1 aromatic carbocycles. The summed E-state index contributed by atoms with van der Waals surface area (Å²) >= 11 is 0. The number of benzene rings is 1. The van der Waals surface area contributed by atoms with Crippen molar-refractivity contribution in [1.29, 1.82) is 0 Å². The summed E-state index contributed by atoms with van der Waals surface area (Å²) in [5, 5.41) is 9.05. The van der Waals surface area contributed by atoms with Crippen molar-refractivity contribution in [2.75, 3.05) is 26.1 Å². The average Bonchev–Trinajstić information content (AvgIpc) is 2.96. The second-order valence-corrected chi connectivity index (χ2v) is 4.63. The molecule has 122 valence electrons. The maximum absolute atomic E-state index is 12.0. The highest BCUT2D eigenvalue weighted by Gasteiger charge is 2.14. The zero-order valence-electron chi connectivity index (χ0n) is 13.0. The minimum atomic E-state index is -0.640. The molecule has 0 aliphatic heterocycles. The first-order valence-electron chi connectivity index (χ1n) is 6.74. The van der Waals surface area contributed by atoms with Gasteiger partial charge in [0.1, 0.15) is 0 Å². The Hall–Kier alpha value is -3.03. The van der Waals surface area contributed by atoms with E-state index in [-0.39, 0.29) is 5.56 Å². The van der Waals surface area contributed by atoms with Crippen LogP contribution in [0.25, 0.3) is 0 Å². The van der Waals surface area contributed by atoms with E-state index in [1.165, 1.54) is 26.4 Å². The largest absolute Gasteiger partial charge is 0.493 e. The maximum atomic E-state index is 12.0. The second kappa shape index (κ2) is 7.30. The van der Waals surface area contributed by atoms with Crippen molar-refractivity contribution in [1.82, 2.24) is 10.2 Å². The summed E-state index contributed by atoms with van der Waals surface area (Å²) in [6.45, 7) is 1.39. The molecule has 0 spiro atoms. The molecule has 23 heavy (non-hydrogen) atoms. The summed E-state index contributed by atoms with van der Waals surface area (Å²) in [4.78, 5) is 23.6. The van der Waals surface area contributed by atoms with Gasteiger partial charge in [-0.15, -0.1) is 0 Å². The molecular weight excluding hydrogens is 302 g/mol. The number of hydrogen-bond acceptors (Lipinski definition) is 6. The molecule has 1 amide bonds. The third-order valence-electron chi connectivity index (χ3n) is 2.93. The highest BCUT2D eigenvalue weighted by atomic mass is 16.5. The number of methoxy groups -OCH3 is 2. The number of rotatable bonds is 6. The summed E-state index contributed by atoms with van der Waals surface area (Å²) in [5.41, 5.74) is 1.06. The molecule has 2 aromatic rings. The van der Waals surface area contributed by atoms with Gasteiger partial charge < -0.3 is 19.5 Å². The van der Waals surface area contributed by atoms with Gasteiger partial charge in [-0.1, -0.05) is 0 Å². The van der Waals surface area contributed by atoms with Gasteiger partial charge in [0, 0.05) is 11.8 Å². The van der Waals surface area contributed by atoms with Crippen molar-refractivity contribution in [2.24, 2.45) is 0 Å². The van der Waals surface area contributed by atoms with Crippen LogP contribution in [0, 0.1) is 6.92 Å². The molecule has 0 aliphatic carbocycles. The average molecular weight is 319 g/mol.